The highest BCUT2D eigenvalue weighted by atomic mass is 16.3. The molecule has 3 N–H and O–H groups in total. The van der Waals surface area contributed by atoms with Gasteiger partial charge in [-0.05, 0) is 57.0 Å². The van der Waals surface area contributed by atoms with E-state index in [9.17, 15) is 5.11 Å². The Balaban J connectivity index is 1.74. The van der Waals surface area contributed by atoms with Crippen LogP contribution in [0, 0.1) is 0 Å². The Morgan fingerprint density at radius 1 is 1.26 bits per heavy atom. The van der Waals surface area contributed by atoms with Crippen molar-refractivity contribution in [3.63, 3.8) is 0 Å². The van der Waals surface area contributed by atoms with Crippen molar-refractivity contribution >= 4 is 5.69 Å². The van der Waals surface area contributed by atoms with E-state index in [0.29, 0.717) is 5.69 Å². The van der Waals surface area contributed by atoms with E-state index in [1.807, 2.05) is 12.1 Å². The molecule has 0 amide bonds. The van der Waals surface area contributed by atoms with Crippen molar-refractivity contribution in [1.29, 1.82) is 0 Å². The number of nitrogens with zero attached hydrogens (tertiary/aromatic N) is 1. The number of benzene rings is 1. The number of phenols is 1. The van der Waals surface area contributed by atoms with Gasteiger partial charge in [0.05, 0.1) is 5.69 Å². The normalized spacial score (nSPS) is 16.9. The first-order valence-electron chi connectivity index (χ1n) is 7.44. The summed E-state index contributed by atoms with van der Waals surface area (Å²) in [6.07, 6.45) is 9.11. The molecule has 3 heteroatoms. The molecule has 0 spiro atoms. The van der Waals surface area contributed by atoms with Crippen LogP contribution in [-0.2, 0) is 6.42 Å². The van der Waals surface area contributed by atoms with Gasteiger partial charge in [0, 0.05) is 6.04 Å². The van der Waals surface area contributed by atoms with Crippen molar-refractivity contribution in [1.82, 2.24) is 4.90 Å². The Morgan fingerprint density at radius 3 is 2.68 bits per heavy atom. The van der Waals surface area contributed by atoms with Gasteiger partial charge < -0.3 is 15.7 Å². The van der Waals surface area contributed by atoms with Gasteiger partial charge in [0.25, 0.3) is 0 Å². The highest BCUT2D eigenvalue weighted by Crippen LogP contribution is 2.23. The quantitative estimate of drug-likeness (QED) is 0.633. The summed E-state index contributed by atoms with van der Waals surface area (Å²) in [5, 5.41) is 9.39. The van der Waals surface area contributed by atoms with Gasteiger partial charge in [0.1, 0.15) is 5.75 Å². The molecule has 1 aromatic rings. The summed E-state index contributed by atoms with van der Waals surface area (Å²) < 4.78 is 0. The second kappa shape index (κ2) is 6.80. The Bertz CT molecular complexity index is 400. The van der Waals surface area contributed by atoms with E-state index >= 15 is 0 Å². The molecule has 3 nitrogen and oxygen atoms in total. The smallest absolute Gasteiger partial charge is 0.138 e. The minimum Gasteiger partial charge on any atom is -0.506 e. The monoisotopic (exact) mass is 262 g/mol. The molecule has 0 aromatic heterocycles. The van der Waals surface area contributed by atoms with Crippen molar-refractivity contribution in [3.8, 4) is 5.75 Å². The van der Waals surface area contributed by atoms with Gasteiger partial charge in [0.15, 0.2) is 0 Å². The molecule has 0 bridgehead atoms. The summed E-state index contributed by atoms with van der Waals surface area (Å²) in [5.74, 6) is 0.183. The van der Waals surface area contributed by atoms with Crippen LogP contribution in [0.4, 0.5) is 5.69 Å². The fraction of sp³-hybridized carbons (Fsp3) is 0.625. The molecule has 0 heterocycles. The third kappa shape index (κ3) is 4.13. The maximum atomic E-state index is 9.39. The summed E-state index contributed by atoms with van der Waals surface area (Å²) >= 11 is 0. The topological polar surface area (TPSA) is 49.5 Å². The molecule has 106 valence electrons. The number of hydrogen-bond acceptors (Lipinski definition) is 3. The maximum Gasteiger partial charge on any atom is 0.138 e. The lowest BCUT2D eigenvalue weighted by atomic mass is 9.94. The predicted molar refractivity (Wildman–Crippen MR) is 80.3 cm³/mol. The van der Waals surface area contributed by atoms with Gasteiger partial charge in [0.2, 0.25) is 0 Å². The number of aryl methyl sites for hydroxylation is 1. The molecule has 19 heavy (non-hydrogen) atoms. The minimum absolute atomic E-state index is 0.183. The van der Waals surface area contributed by atoms with E-state index in [0.717, 1.165) is 25.4 Å². The Morgan fingerprint density at radius 2 is 2.00 bits per heavy atom. The second-order valence-corrected chi connectivity index (χ2v) is 5.77. The zero-order valence-electron chi connectivity index (χ0n) is 11.9. The molecule has 0 radical (unpaired) electrons. The standard InChI is InChI=1S/C16H26N2O/c1-18(14-7-3-2-4-8-14)11-5-6-13-9-10-16(19)15(17)12-13/h9-10,12,14,19H,2-8,11,17H2,1H3. The number of phenolic OH excluding ortho intramolecular Hbond substituents is 1. The van der Waals surface area contributed by atoms with Crippen LogP contribution in [0.2, 0.25) is 0 Å². The van der Waals surface area contributed by atoms with Crippen molar-refractivity contribution in [2.24, 2.45) is 0 Å². The lowest BCUT2D eigenvalue weighted by molar-refractivity contribution is 0.190. The van der Waals surface area contributed by atoms with Crippen molar-refractivity contribution in [2.45, 2.75) is 51.0 Å². The lowest BCUT2D eigenvalue weighted by Gasteiger charge is -2.31. The van der Waals surface area contributed by atoms with Crippen LogP contribution in [-0.4, -0.2) is 29.6 Å². The zero-order chi connectivity index (χ0) is 13.7. The summed E-state index contributed by atoms with van der Waals surface area (Å²) in [6.45, 7) is 1.14. The first kappa shape index (κ1) is 14.2. The molecular formula is C16H26N2O. The average Bonchev–Trinajstić information content (AvgIpc) is 2.43. The molecule has 1 fully saturated rings. The summed E-state index contributed by atoms with van der Waals surface area (Å²) in [4.78, 5) is 2.52. The number of hydrogen-bond donors (Lipinski definition) is 2. The molecule has 0 saturated heterocycles. The second-order valence-electron chi connectivity index (χ2n) is 5.77. The molecule has 0 atom stereocenters. The Kier molecular flexibility index (Phi) is 5.08. The van der Waals surface area contributed by atoms with E-state index in [4.69, 9.17) is 5.73 Å². The van der Waals surface area contributed by atoms with Crippen LogP contribution >= 0.6 is 0 Å². The van der Waals surface area contributed by atoms with Crippen molar-refractivity contribution in [3.05, 3.63) is 23.8 Å². The van der Waals surface area contributed by atoms with Crippen LogP contribution < -0.4 is 5.73 Å². The van der Waals surface area contributed by atoms with Gasteiger partial charge in [-0.2, -0.15) is 0 Å². The van der Waals surface area contributed by atoms with Gasteiger partial charge in [-0.15, -0.1) is 0 Å². The molecular weight excluding hydrogens is 236 g/mol. The molecule has 1 aliphatic rings. The fourth-order valence-electron chi connectivity index (χ4n) is 3.00. The van der Waals surface area contributed by atoms with Crippen LogP contribution in [0.25, 0.3) is 0 Å². The minimum atomic E-state index is 0.183. The van der Waals surface area contributed by atoms with Crippen molar-refractivity contribution in [2.75, 3.05) is 19.3 Å². The number of aromatic hydroxyl groups is 1. The van der Waals surface area contributed by atoms with Gasteiger partial charge in [-0.1, -0.05) is 25.3 Å². The maximum absolute atomic E-state index is 9.39. The molecule has 1 aromatic carbocycles. The molecule has 1 saturated carbocycles. The molecule has 0 unspecified atom stereocenters. The number of anilines is 1. The van der Waals surface area contributed by atoms with Gasteiger partial charge >= 0.3 is 0 Å². The van der Waals surface area contributed by atoms with E-state index in [1.165, 1.54) is 37.7 Å². The zero-order valence-corrected chi connectivity index (χ0v) is 11.9. The fourth-order valence-corrected chi connectivity index (χ4v) is 3.00. The summed E-state index contributed by atoms with van der Waals surface area (Å²) in [7, 11) is 2.25. The molecule has 0 aliphatic heterocycles. The lowest BCUT2D eigenvalue weighted by Crippen LogP contribution is -2.34. The van der Waals surface area contributed by atoms with Crippen LogP contribution in [0.3, 0.4) is 0 Å². The summed E-state index contributed by atoms with van der Waals surface area (Å²) in [5.41, 5.74) is 7.41. The molecule has 2 rings (SSSR count). The third-order valence-electron chi connectivity index (χ3n) is 4.27. The predicted octanol–water partition coefficient (Wildman–Crippen LogP) is 3.17. The molecule has 1 aliphatic carbocycles. The van der Waals surface area contributed by atoms with E-state index < -0.39 is 0 Å². The average molecular weight is 262 g/mol. The van der Waals surface area contributed by atoms with Crippen LogP contribution in [0.1, 0.15) is 44.1 Å². The number of rotatable bonds is 5. The first-order chi connectivity index (χ1) is 9.16. The van der Waals surface area contributed by atoms with Crippen LogP contribution in [0.5, 0.6) is 5.75 Å². The SMILES string of the molecule is CN(CCCc1ccc(O)c(N)c1)C1CCCCC1. The third-order valence-corrected chi connectivity index (χ3v) is 4.27. The van der Waals surface area contributed by atoms with Gasteiger partial charge in [-0.3, -0.25) is 0 Å². The highest BCUT2D eigenvalue weighted by Gasteiger charge is 2.17. The van der Waals surface area contributed by atoms with E-state index in [1.54, 1.807) is 6.07 Å². The Labute approximate surface area is 116 Å². The van der Waals surface area contributed by atoms with E-state index in [-0.39, 0.29) is 5.75 Å². The number of nitrogen functional groups attached to an aromatic ring is 1. The first-order valence-corrected chi connectivity index (χ1v) is 7.44. The van der Waals surface area contributed by atoms with E-state index in [2.05, 4.69) is 11.9 Å². The van der Waals surface area contributed by atoms with Gasteiger partial charge in [-0.25, -0.2) is 0 Å². The summed E-state index contributed by atoms with van der Waals surface area (Å²) in [6, 6.07) is 6.33. The van der Waals surface area contributed by atoms with Crippen molar-refractivity contribution < 1.29 is 5.11 Å². The highest BCUT2D eigenvalue weighted by molar-refractivity contribution is 5.53. The number of nitrogens with two attached hydrogens (primary N) is 1. The largest absolute Gasteiger partial charge is 0.506 e. The Hall–Kier alpha value is -1.22. The van der Waals surface area contributed by atoms with Crippen LogP contribution in [0.15, 0.2) is 18.2 Å².